The van der Waals surface area contributed by atoms with Gasteiger partial charge in [-0.1, -0.05) is 48.5 Å². The molecule has 28 heavy (non-hydrogen) atoms. The number of carbonyl (C=O) groups excluding carboxylic acids is 1. The molecule has 0 aliphatic carbocycles. The molecule has 0 radical (unpaired) electrons. The molecule has 1 heterocycles. The van der Waals surface area contributed by atoms with E-state index in [1.165, 1.54) is 6.92 Å². The summed E-state index contributed by atoms with van der Waals surface area (Å²) in [6.45, 7) is 1.47. The molecular formula is C23H19N3O2. The molecule has 138 valence electrons. The molecule has 4 rings (SSSR count). The Morgan fingerprint density at radius 3 is 2.32 bits per heavy atom. The summed E-state index contributed by atoms with van der Waals surface area (Å²) in [4.78, 5) is 19.1. The number of carbonyl (C=O) groups is 1. The molecular weight excluding hydrogens is 350 g/mol. The third-order valence-corrected chi connectivity index (χ3v) is 4.40. The minimum atomic E-state index is -0.120. The summed E-state index contributed by atoms with van der Waals surface area (Å²) in [7, 11) is 0. The Bertz CT molecular complexity index is 1160. The van der Waals surface area contributed by atoms with Crippen molar-refractivity contribution in [3.8, 4) is 5.88 Å². The monoisotopic (exact) mass is 369 g/mol. The second-order valence-electron chi connectivity index (χ2n) is 6.45. The number of aromatic hydroxyl groups is 1. The van der Waals surface area contributed by atoms with Crippen molar-refractivity contribution < 1.29 is 9.90 Å². The Hall–Kier alpha value is -3.86. The second-order valence-corrected chi connectivity index (χ2v) is 6.45. The molecule has 3 aromatic carbocycles. The topological polar surface area (TPSA) is 77.5 Å². The standard InChI is InChI=1S/C23H19N3O2/c1-15(27)24-17-11-13-18(14-12-17)25-22(16-7-3-2-4-8-16)21-19-9-5-6-10-20(19)26-23(21)28/h2-14,26,28H,1H3,(H,24,27). The van der Waals surface area contributed by atoms with Gasteiger partial charge in [-0.3, -0.25) is 4.79 Å². The van der Waals surface area contributed by atoms with E-state index in [-0.39, 0.29) is 11.8 Å². The highest BCUT2D eigenvalue weighted by Gasteiger charge is 2.18. The fourth-order valence-corrected chi connectivity index (χ4v) is 3.18. The van der Waals surface area contributed by atoms with Crippen LogP contribution in [0.2, 0.25) is 0 Å². The van der Waals surface area contributed by atoms with E-state index in [2.05, 4.69) is 10.3 Å². The molecule has 0 aliphatic heterocycles. The van der Waals surface area contributed by atoms with Gasteiger partial charge in [0.1, 0.15) is 0 Å². The summed E-state index contributed by atoms with van der Waals surface area (Å²) in [5, 5.41) is 14.2. The number of fused-ring (bicyclic) bond motifs is 1. The number of aromatic nitrogens is 1. The van der Waals surface area contributed by atoms with Crippen molar-refractivity contribution in [1.29, 1.82) is 0 Å². The lowest BCUT2D eigenvalue weighted by Gasteiger charge is -2.08. The van der Waals surface area contributed by atoms with Gasteiger partial charge < -0.3 is 15.4 Å². The maximum absolute atomic E-state index is 11.2. The zero-order chi connectivity index (χ0) is 19.5. The van der Waals surface area contributed by atoms with E-state index in [0.29, 0.717) is 17.0 Å². The lowest BCUT2D eigenvalue weighted by atomic mass is 10.0. The number of anilines is 1. The molecule has 0 atom stereocenters. The zero-order valence-electron chi connectivity index (χ0n) is 15.3. The van der Waals surface area contributed by atoms with E-state index in [1.807, 2.05) is 66.7 Å². The summed E-state index contributed by atoms with van der Waals surface area (Å²) >= 11 is 0. The summed E-state index contributed by atoms with van der Waals surface area (Å²) in [5.74, 6) is -0.0383. The Labute approximate surface area is 162 Å². The van der Waals surface area contributed by atoms with E-state index in [0.717, 1.165) is 22.2 Å². The minimum absolute atomic E-state index is 0.0821. The maximum atomic E-state index is 11.2. The number of aliphatic imine (C=N–C) groups is 1. The van der Waals surface area contributed by atoms with Crippen LogP contribution in [0.5, 0.6) is 5.88 Å². The van der Waals surface area contributed by atoms with Crippen molar-refractivity contribution >= 4 is 33.9 Å². The molecule has 4 aromatic rings. The molecule has 0 aliphatic rings. The highest BCUT2D eigenvalue weighted by Crippen LogP contribution is 2.31. The van der Waals surface area contributed by atoms with Crippen LogP contribution in [0.3, 0.4) is 0 Å². The molecule has 0 unspecified atom stereocenters. The minimum Gasteiger partial charge on any atom is -0.494 e. The molecule has 0 bridgehead atoms. The van der Waals surface area contributed by atoms with Gasteiger partial charge in [0.15, 0.2) is 5.88 Å². The first-order chi connectivity index (χ1) is 13.6. The first-order valence-corrected chi connectivity index (χ1v) is 8.93. The van der Waals surface area contributed by atoms with Gasteiger partial charge in [-0.2, -0.15) is 0 Å². The number of nitrogens with one attached hydrogen (secondary N) is 2. The fourth-order valence-electron chi connectivity index (χ4n) is 3.18. The number of rotatable bonds is 4. The number of H-pyrrole nitrogens is 1. The molecule has 5 nitrogen and oxygen atoms in total. The summed E-state index contributed by atoms with van der Waals surface area (Å²) in [6.07, 6.45) is 0. The second kappa shape index (κ2) is 7.40. The van der Waals surface area contributed by atoms with E-state index in [9.17, 15) is 9.90 Å². The van der Waals surface area contributed by atoms with Gasteiger partial charge in [0.25, 0.3) is 0 Å². The van der Waals surface area contributed by atoms with Crippen molar-refractivity contribution in [2.45, 2.75) is 6.92 Å². The number of benzene rings is 3. The molecule has 3 N–H and O–H groups in total. The van der Waals surface area contributed by atoms with E-state index < -0.39 is 0 Å². The molecule has 0 saturated carbocycles. The molecule has 5 heteroatoms. The summed E-state index contributed by atoms with van der Waals surface area (Å²) in [5.41, 5.74) is 4.50. The van der Waals surface area contributed by atoms with Gasteiger partial charge in [0, 0.05) is 29.1 Å². The number of amides is 1. The maximum Gasteiger partial charge on any atom is 0.221 e. The highest BCUT2D eigenvalue weighted by molar-refractivity contribution is 6.21. The van der Waals surface area contributed by atoms with Crippen LogP contribution >= 0.6 is 0 Å². The van der Waals surface area contributed by atoms with Crippen LogP contribution in [0.15, 0.2) is 83.9 Å². The number of aromatic amines is 1. The number of hydrogen-bond donors (Lipinski definition) is 3. The van der Waals surface area contributed by atoms with Gasteiger partial charge >= 0.3 is 0 Å². The van der Waals surface area contributed by atoms with Crippen molar-refractivity contribution in [3.63, 3.8) is 0 Å². The zero-order valence-corrected chi connectivity index (χ0v) is 15.3. The molecule has 0 spiro atoms. The fraction of sp³-hybridized carbons (Fsp3) is 0.0435. The third kappa shape index (κ3) is 3.50. The molecule has 1 aromatic heterocycles. The highest BCUT2D eigenvalue weighted by atomic mass is 16.3. The van der Waals surface area contributed by atoms with Gasteiger partial charge in [0.05, 0.1) is 17.0 Å². The number of nitrogens with zero attached hydrogens (tertiary/aromatic N) is 1. The Morgan fingerprint density at radius 2 is 1.61 bits per heavy atom. The van der Waals surface area contributed by atoms with Crippen LogP contribution in [0, 0.1) is 0 Å². The van der Waals surface area contributed by atoms with E-state index >= 15 is 0 Å². The normalized spacial score (nSPS) is 11.5. The van der Waals surface area contributed by atoms with Crippen molar-refractivity contribution in [2.24, 2.45) is 4.99 Å². The van der Waals surface area contributed by atoms with Crippen LogP contribution in [0.1, 0.15) is 18.1 Å². The summed E-state index contributed by atoms with van der Waals surface area (Å²) < 4.78 is 0. The smallest absolute Gasteiger partial charge is 0.221 e. The lowest BCUT2D eigenvalue weighted by Crippen LogP contribution is -2.05. The average Bonchev–Trinajstić information content (AvgIpc) is 3.03. The van der Waals surface area contributed by atoms with E-state index in [1.54, 1.807) is 12.1 Å². The van der Waals surface area contributed by atoms with Crippen molar-refractivity contribution in [3.05, 3.63) is 90.0 Å². The van der Waals surface area contributed by atoms with E-state index in [4.69, 9.17) is 4.99 Å². The molecule has 0 saturated heterocycles. The summed E-state index contributed by atoms with van der Waals surface area (Å²) in [6, 6.07) is 24.8. The number of hydrogen-bond acceptors (Lipinski definition) is 3. The van der Waals surface area contributed by atoms with Gasteiger partial charge in [-0.05, 0) is 30.3 Å². The molecule has 0 fully saturated rings. The van der Waals surface area contributed by atoms with Crippen LogP contribution in [-0.2, 0) is 4.79 Å². The Morgan fingerprint density at radius 1 is 0.929 bits per heavy atom. The predicted octanol–water partition coefficient (Wildman–Crippen LogP) is 5.00. The SMILES string of the molecule is CC(=O)Nc1ccc(N=C(c2ccccc2)c2c(O)[nH]c3ccccc23)cc1. The first kappa shape index (κ1) is 17.5. The quantitative estimate of drug-likeness (QED) is 0.443. The molecule has 1 amide bonds. The Balaban J connectivity index is 1.86. The predicted molar refractivity (Wildman–Crippen MR) is 112 cm³/mol. The third-order valence-electron chi connectivity index (χ3n) is 4.40. The van der Waals surface area contributed by atoms with Crippen LogP contribution in [0.25, 0.3) is 10.9 Å². The first-order valence-electron chi connectivity index (χ1n) is 8.93. The van der Waals surface area contributed by atoms with Crippen molar-refractivity contribution in [1.82, 2.24) is 4.98 Å². The van der Waals surface area contributed by atoms with Gasteiger partial charge in [-0.15, -0.1) is 0 Å². The average molecular weight is 369 g/mol. The Kier molecular flexibility index (Phi) is 4.64. The lowest BCUT2D eigenvalue weighted by molar-refractivity contribution is -0.114. The van der Waals surface area contributed by atoms with Crippen LogP contribution in [-0.4, -0.2) is 21.7 Å². The van der Waals surface area contributed by atoms with Gasteiger partial charge in [0.2, 0.25) is 5.91 Å². The largest absolute Gasteiger partial charge is 0.494 e. The van der Waals surface area contributed by atoms with Crippen molar-refractivity contribution in [2.75, 3.05) is 5.32 Å². The number of para-hydroxylation sites is 1. The van der Waals surface area contributed by atoms with Crippen LogP contribution < -0.4 is 5.32 Å². The van der Waals surface area contributed by atoms with Crippen LogP contribution in [0.4, 0.5) is 11.4 Å². The van der Waals surface area contributed by atoms with Gasteiger partial charge in [-0.25, -0.2) is 4.99 Å².